The van der Waals surface area contributed by atoms with Crippen molar-refractivity contribution >= 4 is 5.97 Å². The molecule has 4 heteroatoms. The van der Waals surface area contributed by atoms with Crippen molar-refractivity contribution in [1.82, 2.24) is 0 Å². The van der Waals surface area contributed by atoms with Gasteiger partial charge in [0, 0.05) is 13.3 Å². The van der Waals surface area contributed by atoms with Crippen molar-refractivity contribution in [3.05, 3.63) is 0 Å². The molecule has 0 aromatic rings. The summed E-state index contributed by atoms with van der Waals surface area (Å²) in [5.41, 5.74) is 0. The Balaban J connectivity index is 3.76. The van der Waals surface area contributed by atoms with Crippen molar-refractivity contribution in [2.24, 2.45) is 0 Å². The predicted octanol–water partition coefficient (Wildman–Crippen LogP) is -0.360. The second-order valence-electron chi connectivity index (χ2n) is 2.16. The summed E-state index contributed by atoms with van der Waals surface area (Å²) in [6, 6.07) is 0. The van der Waals surface area contributed by atoms with Gasteiger partial charge in [0.15, 0.2) is 0 Å². The molecule has 1 unspecified atom stereocenters. The van der Waals surface area contributed by atoms with Gasteiger partial charge < -0.3 is 14.9 Å². The van der Waals surface area contributed by atoms with Crippen LogP contribution < -0.4 is 0 Å². The van der Waals surface area contributed by atoms with Gasteiger partial charge >= 0.3 is 5.97 Å². The Bertz CT molecular complexity index is 119. The molecule has 0 aliphatic heterocycles. The molecule has 0 heterocycles. The second-order valence-corrected chi connectivity index (χ2v) is 2.16. The summed E-state index contributed by atoms with van der Waals surface area (Å²) in [5, 5.41) is 17.3. The number of rotatable bonds is 3. The molecule has 0 amide bonds. The highest BCUT2D eigenvalue weighted by molar-refractivity contribution is 5.69. The van der Waals surface area contributed by atoms with Crippen LogP contribution in [0.2, 0.25) is 0 Å². The molecule has 0 rings (SSSR count). The lowest BCUT2D eigenvalue weighted by Crippen LogP contribution is -2.34. The Kier molecular flexibility index (Phi) is 3.32. The third-order valence-electron chi connectivity index (χ3n) is 0.916. The van der Waals surface area contributed by atoms with E-state index in [4.69, 9.17) is 10.2 Å². The molecule has 0 spiro atoms. The van der Waals surface area contributed by atoms with Crippen LogP contribution in [0.15, 0.2) is 0 Å². The molecule has 1 atom stereocenters. The van der Waals surface area contributed by atoms with E-state index in [9.17, 15) is 4.79 Å². The van der Waals surface area contributed by atoms with Crippen molar-refractivity contribution in [2.75, 3.05) is 6.61 Å². The van der Waals surface area contributed by atoms with Gasteiger partial charge in [0.05, 0.1) is 0 Å². The summed E-state index contributed by atoms with van der Waals surface area (Å²) in [6.45, 7) is 2.25. The van der Waals surface area contributed by atoms with Crippen LogP contribution in [-0.4, -0.2) is 28.6 Å². The summed E-state index contributed by atoms with van der Waals surface area (Å²) in [5.74, 6) is -2.26. The first-order chi connectivity index (χ1) is 4.52. The third-order valence-corrected chi connectivity index (χ3v) is 0.916. The molecule has 60 valence electrons. The molecule has 10 heavy (non-hydrogen) atoms. The van der Waals surface area contributed by atoms with E-state index < -0.39 is 18.4 Å². The fourth-order valence-corrected chi connectivity index (χ4v) is 0.350. The molecular formula is C6H12O4. The number of aliphatic hydroxyl groups is 2. The lowest BCUT2D eigenvalue weighted by atomic mass is 10.3. The van der Waals surface area contributed by atoms with Crippen molar-refractivity contribution in [1.29, 1.82) is 0 Å². The zero-order chi connectivity index (χ0) is 8.20. The van der Waals surface area contributed by atoms with E-state index in [1.54, 1.807) is 6.92 Å². The standard InChI is InChI=1S/C6H12O4/c1-3-5(8)10-6(2,9)4-7/h7,9H,3-4H2,1-2H3. The monoisotopic (exact) mass is 148 g/mol. The summed E-state index contributed by atoms with van der Waals surface area (Å²) in [6.07, 6.45) is 0.191. The van der Waals surface area contributed by atoms with Crippen LogP contribution in [-0.2, 0) is 9.53 Å². The maximum absolute atomic E-state index is 10.5. The lowest BCUT2D eigenvalue weighted by molar-refractivity contribution is -0.214. The normalized spacial score (nSPS) is 16.0. The first kappa shape index (κ1) is 9.39. The molecule has 0 aromatic carbocycles. The Hall–Kier alpha value is -0.610. The van der Waals surface area contributed by atoms with Gasteiger partial charge in [-0.3, -0.25) is 4.79 Å². The number of aliphatic hydroxyl groups excluding tert-OH is 1. The fraction of sp³-hybridized carbons (Fsp3) is 0.833. The first-order valence-electron chi connectivity index (χ1n) is 3.07. The number of hydrogen-bond donors (Lipinski definition) is 2. The average Bonchev–Trinajstić information content (AvgIpc) is 1.87. The van der Waals surface area contributed by atoms with E-state index in [0.717, 1.165) is 0 Å². The zero-order valence-corrected chi connectivity index (χ0v) is 6.13. The molecule has 0 radical (unpaired) electrons. The number of hydrogen-bond acceptors (Lipinski definition) is 4. The molecule has 0 saturated carbocycles. The minimum absolute atomic E-state index is 0.191. The molecule has 0 aromatic heterocycles. The number of esters is 1. The average molecular weight is 148 g/mol. The highest BCUT2D eigenvalue weighted by Gasteiger charge is 2.22. The molecular weight excluding hydrogens is 136 g/mol. The highest BCUT2D eigenvalue weighted by atomic mass is 16.7. The predicted molar refractivity (Wildman–Crippen MR) is 34.1 cm³/mol. The Morgan fingerprint density at radius 3 is 2.50 bits per heavy atom. The van der Waals surface area contributed by atoms with Crippen molar-refractivity contribution in [2.45, 2.75) is 26.1 Å². The molecule has 0 fully saturated rings. The van der Waals surface area contributed by atoms with Crippen LogP contribution in [0.5, 0.6) is 0 Å². The van der Waals surface area contributed by atoms with Crippen LogP contribution in [0.25, 0.3) is 0 Å². The summed E-state index contributed by atoms with van der Waals surface area (Å²) >= 11 is 0. The molecule has 2 N–H and O–H groups in total. The van der Waals surface area contributed by atoms with Crippen LogP contribution in [0, 0.1) is 0 Å². The van der Waals surface area contributed by atoms with Gasteiger partial charge in [-0.25, -0.2) is 0 Å². The van der Waals surface area contributed by atoms with E-state index in [1.165, 1.54) is 6.92 Å². The van der Waals surface area contributed by atoms with Crippen molar-refractivity contribution in [3.63, 3.8) is 0 Å². The van der Waals surface area contributed by atoms with Gasteiger partial charge in [0.1, 0.15) is 6.61 Å². The number of carbonyl (C=O) groups excluding carboxylic acids is 1. The Morgan fingerprint density at radius 1 is 1.70 bits per heavy atom. The van der Waals surface area contributed by atoms with Gasteiger partial charge in [-0.2, -0.15) is 0 Å². The molecule has 0 saturated heterocycles. The second kappa shape index (κ2) is 3.53. The third kappa shape index (κ3) is 3.42. The van der Waals surface area contributed by atoms with Gasteiger partial charge in [0.2, 0.25) is 5.79 Å². The molecule has 4 nitrogen and oxygen atoms in total. The Morgan fingerprint density at radius 2 is 2.20 bits per heavy atom. The molecule has 0 bridgehead atoms. The summed E-state index contributed by atoms with van der Waals surface area (Å²) < 4.78 is 4.40. The van der Waals surface area contributed by atoms with Crippen LogP contribution in [0.3, 0.4) is 0 Å². The SMILES string of the molecule is CCC(=O)OC(C)(O)CO. The van der Waals surface area contributed by atoms with E-state index in [2.05, 4.69) is 4.74 Å². The van der Waals surface area contributed by atoms with Gasteiger partial charge in [-0.1, -0.05) is 6.92 Å². The number of ether oxygens (including phenoxy) is 1. The van der Waals surface area contributed by atoms with Gasteiger partial charge in [-0.05, 0) is 0 Å². The molecule has 0 aliphatic rings. The molecule has 0 aliphatic carbocycles. The number of carbonyl (C=O) groups is 1. The minimum atomic E-state index is -1.73. The van der Waals surface area contributed by atoms with Gasteiger partial charge in [-0.15, -0.1) is 0 Å². The van der Waals surface area contributed by atoms with Crippen LogP contribution in [0.1, 0.15) is 20.3 Å². The van der Waals surface area contributed by atoms with Crippen molar-refractivity contribution < 1.29 is 19.7 Å². The fourth-order valence-electron chi connectivity index (χ4n) is 0.350. The summed E-state index contributed by atoms with van der Waals surface area (Å²) in [7, 11) is 0. The van der Waals surface area contributed by atoms with E-state index in [1.807, 2.05) is 0 Å². The van der Waals surface area contributed by atoms with Crippen molar-refractivity contribution in [3.8, 4) is 0 Å². The van der Waals surface area contributed by atoms with Gasteiger partial charge in [0.25, 0.3) is 0 Å². The quantitative estimate of drug-likeness (QED) is 0.423. The maximum atomic E-state index is 10.5. The van der Waals surface area contributed by atoms with Crippen LogP contribution >= 0.6 is 0 Å². The van der Waals surface area contributed by atoms with E-state index >= 15 is 0 Å². The lowest BCUT2D eigenvalue weighted by Gasteiger charge is -2.19. The van der Waals surface area contributed by atoms with E-state index in [-0.39, 0.29) is 6.42 Å². The minimum Gasteiger partial charge on any atom is -0.431 e. The topological polar surface area (TPSA) is 66.8 Å². The first-order valence-corrected chi connectivity index (χ1v) is 3.07. The van der Waals surface area contributed by atoms with Crippen LogP contribution in [0.4, 0.5) is 0 Å². The zero-order valence-electron chi connectivity index (χ0n) is 6.13. The van der Waals surface area contributed by atoms with E-state index in [0.29, 0.717) is 0 Å². The summed E-state index contributed by atoms with van der Waals surface area (Å²) in [4.78, 5) is 10.5. The smallest absolute Gasteiger partial charge is 0.308 e. The highest BCUT2D eigenvalue weighted by Crippen LogP contribution is 2.04. The largest absolute Gasteiger partial charge is 0.431 e. The maximum Gasteiger partial charge on any atom is 0.308 e. The Labute approximate surface area is 59.4 Å².